The van der Waals surface area contributed by atoms with E-state index in [4.69, 9.17) is 21.4 Å². The Kier molecular flexibility index (Phi) is 6.31. The summed E-state index contributed by atoms with van der Waals surface area (Å²) in [7, 11) is 0. The molecule has 110 valence electrons. The number of rotatable bonds is 7. The largest absolute Gasteiger partial charge is 0.484 e. The molecule has 1 aromatic rings. The molecule has 0 bridgehead atoms. The maximum Gasteiger partial charge on any atom is 0.337 e. The lowest BCUT2D eigenvalue weighted by Gasteiger charge is -2.09. The second-order valence-electron chi connectivity index (χ2n) is 4.77. The van der Waals surface area contributed by atoms with E-state index in [1.54, 1.807) is 0 Å². The molecule has 0 unspecified atom stereocenters. The van der Waals surface area contributed by atoms with Gasteiger partial charge in [0.2, 0.25) is 0 Å². The third kappa shape index (κ3) is 5.48. The maximum atomic E-state index is 11.5. The van der Waals surface area contributed by atoms with Crippen LogP contribution in [-0.2, 0) is 4.79 Å². The van der Waals surface area contributed by atoms with Gasteiger partial charge in [-0.15, -0.1) is 0 Å². The van der Waals surface area contributed by atoms with Gasteiger partial charge >= 0.3 is 5.97 Å². The average Bonchev–Trinajstić information content (AvgIpc) is 2.37. The van der Waals surface area contributed by atoms with Crippen LogP contribution in [-0.4, -0.2) is 30.1 Å². The number of carboxylic acid groups (broad SMARTS) is 1. The number of nitrogens with one attached hydrogen (secondary N) is 1. The number of halogens is 1. The number of benzene rings is 1. The van der Waals surface area contributed by atoms with Crippen molar-refractivity contribution in [2.45, 2.75) is 20.3 Å². The highest BCUT2D eigenvalue weighted by Crippen LogP contribution is 2.22. The quantitative estimate of drug-likeness (QED) is 0.811. The molecule has 0 fully saturated rings. The average molecular weight is 300 g/mol. The summed E-state index contributed by atoms with van der Waals surface area (Å²) in [6.45, 7) is 4.59. The third-order valence-corrected chi connectivity index (χ3v) is 2.91. The zero-order valence-corrected chi connectivity index (χ0v) is 12.2. The van der Waals surface area contributed by atoms with Crippen LogP contribution in [0.4, 0.5) is 0 Å². The molecule has 0 aromatic heterocycles. The smallest absolute Gasteiger partial charge is 0.337 e. The minimum atomic E-state index is -1.14. The van der Waals surface area contributed by atoms with Crippen LogP contribution >= 0.6 is 11.6 Å². The number of carboxylic acids is 1. The predicted octanol–water partition coefficient (Wildman–Crippen LogP) is 2.58. The zero-order valence-electron chi connectivity index (χ0n) is 11.5. The summed E-state index contributed by atoms with van der Waals surface area (Å²) in [5.41, 5.74) is -0.0515. The molecule has 0 atom stereocenters. The number of amides is 1. The SMILES string of the molecule is CC(C)CCNC(=O)COc1ccc(Cl)c(C(=O)O)c1. The van der Waals surface area contributed by atoms with Crippen molar-refractivity contribution >= 4 is 23.5 Å². The van der Waals surface area contributed by atoms with Crippen LogP contribution in [0.2, 0.25) is 5.02 Å². The van der Waals surface area contributed by atoms with E-state index in [-0.39, 0.29) is 23.1 Å². The number of hydrogen-bond acceptors (Lipinski definition) is 3. The van der Waals surface area contributed by atoms with Gasteiger partial charge in [0.1, 0.15) is 5.75 Å². The molecule has 0 aliphatic carbocycles. The predicted molar refractivity (Wildman–Crippen MR) is 76.4 cm³/mol. The molecule has 6 heteroatoms. The van der Waals surface area contributed by atoms with Crippen LogP contribution in [0.5, 0.6) is 5.75 Å². The maximum absolute atomic E-state index is 11.5. The topological polar surface area (TPSA) is 75.6 Å². The molecular formula is C14H18ClNO4. The van der Waals surface area contributed by atoms with Gasteiger partial charge in [0.05, 0.1) is 10.6 Å². The van der Waals surface area contributed by atoms with Gasteiger partial charge in [0.25, 0.3) is 5.91 Å². The van der Waals surface area contributed by atoms with Gasteiger partial charge in [-0.2, -0.15) is 0 Å². The van der Waals surface area contributed by atoms with Crippen molar-refractivity contribution in [3.63, 3.8) is 0 Å². The van der Waals surface area contributed by atoms with E-state index >= 15 is 0 Å². The fourth-order valence-corrected chi connectivity index (χ4v) is 1.66. The lowest BCUT2D eigenvalue weighted by molar-refractivity contribution is -0.123. The van der Waals surface area contributed by atoms with E-state index in [0.717, 1.165) is 6.42 Å². The van der Waals surface area contributed by atoms with E-state index < -0.39 is 5.97 Å². The molecule has 0 spiro atoms. The van der Waals surface area contributed by atoms with Gasteiger partial charge in [-0.25, -0.2) is 4.79 Å². The summed E-state index contributed by atoms with van der Waals surface area (Å²) < 4.78 is 5.24. The highest BCUT2D eigenvalue weighted by atomic mass is 35.5. The molecule has 0 aliphatic heterocycles. The Hall–Kier alpha value is -1.75. The van der Waals surface area contributed by atoms with Crippen molar-refractivity contribution in [2.75, 3.05) is 13.2 Å². The van der Waals surface area contributed by atoms with Gasteiger partial charge in [0.15, 0.2) is 6.61 Å². The van der Waals surface area contributed by atoms with Gasteiger partial charge in [-0.1, -0.05) is 25.4 Å². The molecule has 0 radical (unpaired) electrons. The van der Waals surface area contributed by atoms with Crippen molar-refractivity contribution in [1.82, 2.24) is 5.32 Å². The molecule has 0 aliphatic rings. The summed E-state index contributed by atoms with van der Waals surface area (Å²) >= 11 is 5.74. The van der Waals surface area contributed by atoms with Gasteiger partial charge in [0, 0.05) is 6.54 Å². The minimum Gasteiger partial charge on any atom is -0.484 e. The first kappa shape index (κ1) is 16.3. The Morgan fingerprint density at radius 1 is 1.40 bits per heavy atom. The Morgan fingerprint density at radius 2 is 2.10 bits per heavy atom. The second-order valence-corrected chi connectivity index (χ2v) is 5.18. The zero-order chi connectivity index (χ0) is 15.1. The van der Waals surface area contributed by atoms with E-state index in [2.05, 4.69) is 19.2 Å². The molecule has 1 aromatic carbocycles. The Labute approximate surface area is 122 Å². The van der Waals surface area contributed by atoms with Gasteiger partial charge < -0.3 is 15.2 Å². The third-order valence-electron chi connectivity index (χ3n) is 2.58. The molecule has 2 N–H and O–H groups in total. The Balaban J connectivity index is 2.47. The number of hydrogen-bond donors (Lipinski definition) is 2. The second kappa shape index (κ2) is 7.75. The lowest BCUT2D eigenvalue weighted by atomic mass is 10.1. The van der Waals surface area contributed by atoms with Crippen LogP contribution in [0, 0.1) is 5.92 Å². The van der Waals surface area contributed by atoms with Crippen LogP contribution in [0.3, 0.4) is 0 Å². The highest BCUT2D eigenvalue weighted by Gasteiger charge is 2.10. The summed E-state index contributed by atoms with van der Waals surface area (Å²) in [5.74, 6) is -0.560. The van der Waals surface area contributed by atoms with Crippen LogP contribution < -0.4 is 10.1 Å². The fraction of sp³-hybridized carbons (Fsp3) is 0.429. The summed E-state index contributed by atoms with van der Waals surface area (Å²) in [6, 6.07) is 4.25. The first-order valence-corrected chi connectivity index (χ1v) is 6.70. The van der Waals surface area contributed by atoms with Crippen LogP contribution in [0.15, 0.2) is 18.2 Å². The highest BCUT2D eigenvalue weighted by molar-refractivity contribution is 6.33. The normalized spacial score (nSPS) is 10.4. The number of aromatic carboxylic acids is 1. The number of ether oxygens (including phenoxy) is 1. The molecule has 0 heterocycles. The van der Waals surface area contributed by atoms with Gasteiger partial charge in [-0.3, -0.25) is 4.79 Å². The summed E-state index contributed by atoms with van der Waals surface area (Å²) in [6.07, 6.45) is 0.899. The molecule has 20 heavy (non-hydrogen) atoms. The number of carbonyl (C=O) groups excluding carboxylic acids is 1. The fourth-order valence-electron chi connectivity index (χ4n) is 1.46. The van der Waals surface area contributed by atoms with Crippen molar-refractivity contribution in [1.29, 1.82) is 0 Å². The standard InChI is InChI=1S/C14H18ClNO4/c1-9(2)5-6-16-13(17)8-20-10-3-4-12(15)11(7-10)14(18)19/h3-4,7,9H,5-6,8H2,1-2H3,(H,16,17)(H,18,19). The molecular weight excluding hydrogens is 282 g/mol. The monoisotopic (exact) mass is 299 g/mol. The van der Waals surface area contributed by atoms with E-state index in [0.29, 0.717) is 18.2 Å². The molecule has 1 rings (SSSR count). The minimum absolute atomic E-state index is 0.0515. The first-order chi connectivity index (χ1) is 9.40. The van der Waals surface area contributed by atoms with Crippen molar-refractivity contribution in [3.05, 3.63) is 28.8 Å². The van der Waals surface area contributed by atoms with Crippen molar-refractivity contribution in [3.8, 4) is 5.75 Å². The lowest BCUT2D eigenvalue weighted by Crippen LogP contribution is -2.30. The number of carbonyl (C=O) groups is 2. The molecule has 5 nitrogen and oxygen atoms in total. The summed E-state index contributed by atoms with van der Waals surface area (Å²) in [5, 5.41) is 11.8. The molecule has 1 amide bonds. The molecule has 0 saturated carbocycles. The van der Waals surface area contributed by atoms with E-state index in [1.807, 2.05) is 0 Å². The van der Waals surface area contributed by atoms with Crippen LogP contribution in [0.25, 0.3) is 0 Å². The van der Waals surface area contributed by atoms with Crippen molar-refractivity contribution < 1.29 is 19.4 Å². The van der Waals surface area contributed by atoms with Crippen LogP contribution in [0.1, 0.15) is 30.6 Å². The van der Waals surface area contributed by atoms with Crippen molar-refractivity contribution in [2.24, 2.45) is 5.92 Å². The van der Waals surface area contributed by atoms with Gasteiger partial charge in [-0.05, 0) is 30.5 Å². The Bertz CT molecular complexity index is 488. The van der Waals surface area contributed by atoms with E-state index in [1.165, 1.54) is 18.2 Å². The Morgan fingerprint density at radius 3 is 2.70 bits per heavy atom. The summed E-state index contributed by atoms with van der Waals surface area (Å²) in [4.78, 5) is 22.4. The van der Waals surface area contributed by atoms with E-state index in [9.17, 15) is 9.59 Å². The first-order valence-electron chi connectivity index (χ1n) is 6.32. The molecule has 0 saturated heterocycles.